The summed E-state index contributed by atoms with van der Waals surface area (Å²) in [6.45, 7) is 1.81. The number of rotatable bonds is 6. The highest BCUT2D eigenvalue weighted by Gasteiger charge is 2.18. The minimum atomic E-state index is -0.562. The fraction of sp³-hybridized carbons (Fsp3) is 0.118. The molecule has 0 aliphatic rings. The molecule has 0 radical (unpaired) electrons. The summed E-state index contributed by atoms with van der Waals surface area (Å²) < 4.78 is 12.3. The molecular weight excluding hydrogens is 352 g/mol. The van der Waals surface area contributed by atoms with Gasteiger partial charge in [0.25, 0.3) is 5.88 Å². The summed E-state index contributed by atoms with van der Waals surface area (Å²) in [6.07, 6.45) is 4.68. The van der Waals surface area contributed by atoms with Crippen LogP contribution in [0.5, 0.6) is 17.4 Å². The molecule has 0 saturated heterocycles. The molecule has 0 aliphatic carbocycles. The summed E-state index contributed by atoms with van der Waals surface area (Å²) in [6, 6.07) is 7.78. The lowest BCUT2D eigenvalue weighted by molar-refractivity contribution is -0.386. The van der Waals surface area contributed by atoms with Crippen molar-refractivity contribution in [3.8, 4) is 17.4 Å². The number of pyridine rings is 1. The quantitative estimate of drug-likeness (QED) is 0.402. The second-order valence-corrected chi connectivity index (χ2v) is 5.43. The maximum atomic E-state index is 11.1. The molecule has 1 aromatic carbocycles. The molecule has 2 heterocycles. The third-order valence-corrected chi connectivity index (χ3v) is 3.51. The Morgan fingerprint density at radius 2 is 2.15 bits per heavy atom. The predicted molar refractivity (Wildman–Crippen MR) is 98.3 cm³/mol. The van der Waals surface area contributed by atoms with Crippen LogP contribution in [0.2, 0.25) is 0 Å². The molecule has 0 fully saturated rings. The summed E-state index contributed by atoms with van der Waals surface area (Å²) in [5, 5.41) is 15.3. The maximum Gasteiger partial charge on any atom is 0.331 e. The van der Waals surface area contributed by atoms with E-state index < -0.39 is 4.92 Å². The molecule has 10 heteroatoms. The Morgan fingerprint density at radius 3 is 2.81 bits per heavy atom. The third-order valence-electron chi connectivity index (χ3n) is 3.51. The number of aryl methyl sites for hydroxylation is 1. The Labute approximate surface area is 154 Å². The highest BCUT2D eigenvalue weighted by atomic mass is 16.6. The van der Waals surface area contributed by atoms with Gasteiger partial charge in [-0.3, -0.25) is 10.1 Å². The Balaban J connectivity index is 1.87. The average Bonchev–Trinajstić information content (AvgIpc) is 2.98. The fourth-order valence-electron chi connectivity index (χ4n) is 2.28. The van der Waals surface area contributed by atoms with Crippen LogP contribution >= 0.6 is 0 Å². The van der Waals surface area contributed by atoms with Crippen LogP contribution in [0.4, 0.5) is 11.6 Å². The van der Waals surface area contributed by atoms with Gasteiger partial charge in [0, 0.05) is 12.3 Å². The maximum absolute atomic E-state index is 11.1. The number of anilines is 1. The van der Waals surface area contributed by atoms with Crippen molar-refractivity contribution in [2.24, 2.45) is 5.10 Å². The molecule has 0 bridgehead atoms. The molecule has 0 spiro atoms. The lowest BCUT2D eigenvalue weighted by Crippen LogP contribution is -1.98. The van der Waals surface area contributed by atoms with E-state index in [9.17, 15) is 10.1 Å². The van der Waals surface area contributed by atoms with Gasteiger partial charge in [0.05, 0.1) is 30.1 Å². The standard InChI is InChI=1S/C17H16N6O4/c1-11-10-22(17(18)21-11)20-9-12-5-6-14(15(8-12)26-2)27-16-13(23(24)25)4-3-7-19-16/h3-10H,1-2H3,(H2,18,21). The first kappa shape index (κ1) is 17.9. The number of aromatic nitrogens is 3. The SMILES string of the molecule is COc1cc(C=Nn2cc(C)nc2N)ccc1Oc1ncccc1[N+](=O)[O-]. The Kier molecular flexibility index (Phi) is 4.97. The van der Waals surface area contributed by atoms with Crippen LogP contribution < -0.4 is 15.2 Å². The van der Waals surface area contributed by atoms with E-state index in [1.54, 1.807) is 30.6 Å². The number of hydrogen-bond acceptors (Lipinski definition) is 8. The highest BCUT2D eigenvalue weighted by Crippen LogP contribution is 2.34. The van der Waals surface area contributed by atoms with Crippen LogP contribution in [-0.2, 0) is 0 Å². The average molecular weight is 368 g/mol. The van der Waals surface area contributed by atoms with Gasteiger partial charge in [-0.15, -0.1) is 0 Å². The van der Waals surface area contributed by atoms with Crippen molar-refractivity contribution in [2.45, 2.75) is 6.92 Å². The highest BCUT2D eigenvalue weighted by molar-refractivity contribution is 5.81. The first-order valence-electron chi connectivity index (χ1n) is 7.79. The van der Waals surface area contributed by atoms with Gasteiger partial charge in [0.2, 0.25) is 5.95 Å². The lowest BCUT2D eigenvalue weighted by Gasteiger charge is -2.10. The molecular formula is C17H16N6O4. The number of nitrogens with zero attached hydrogens (tertiary/aromatic N) is 5. The summed E-state index contributed by atoms with van der Waals surface area (Å²) in [5.41, 5.74) is 6.96. The van der Waals surface area contributed by atoms with E-state index in [1.807, 2.05) is 6.92 Å². The number of hydrogen-bond donors (Lipinski definition) is 1. The summed E-state index contributed by atoms with van der Waals surface area (Å²) in [7, 11) is 1.47. The minimum Gasteiger partial charge on any atom is -0.493 e. The number of nitro groups is 1. The Bertz CT molecular complexity index is 1010. The predicted octanol–water partition coefficient (Wildman–Crippen LogP) is 2.76. The number of methoxy groups -OCH3 is 1. The normalized spacial score (nSPS) is 10.9. The van der Waals surface area contributed by atoms with Crippen molar-refractivity contribution in [2.75, 3.05) is 12.8 Å². The monoisotopic (exact) mass is 368 g/mol. The zero-order valence-corrected chi connectivity index (χ0v) is 14.6. The topological polar surface area (TPSA) is 131 Å². The largest absolute Gasteiger partial charge is 0.493 e. The molecule has 0 atom stereocenters. The van der Waals surface area contributed by atoms with Crippen molar-refractivity contribution >= 4 is 17.9 Å². The van der Waals surface area contributed by atoms with E-state index in [1.165, 1.54) is 30.1 Å². The van der Waals surface area contributed by atoms with Gasteiger partial charge < -0.3 is 15.2 Å². The second kappa shape index (κ2) is 7.52. The van der Waals surface area contributed by atoms with E-state index in [-0.39, 0.29) is 23.3 Å². The van der Waals surface area contributed by atoms with Crippen LogP contribution in [0.15, 0.2) is 47.8 Å². The molecule has 27 heavy (non-hydrogen) atoms. The van der Waals surface area contributed by atoms with Crippen molar-refractivity contribution < 1.29 is 14.4 Å². The van der Waals surface area contributed by atoms with E-state index in [2.05, 4.69) is 15.1 Å². The van der Waals surface area contributed by atoms with E-state index in [0.29, 0.717) is 11.3 Å². The van der Waals surface area contributed by atoms with Gasteiger partial charge in [0.15, 0.2) is 11.5 Å². The number of nitrogen functional groups attached to an aromatic ring is 1. The van der Waals surface area contributed by atoms with Crippen LogP contribution in [-0.4, -0.2) is 32.9 Å². The summed E-state index contributed by atoms with van der Waals surface area (Å²) >= 11 is 0. The third kappa shape index (κ3) is 4.00. The first-order chi connectivity index (χ1) is 13.0. The van der Waals surface area contributed by atoms with Gasteiger partial charge in [-0.05, 0) is 36.8 Å². The lowest BCUT2D eigenvalue weighted by atomic mass is 10.2. The van der Waals surface area contributed by atoms with Gasteiger partial charge >= 0.3 is 5.69 Å². The Hall–Kier alpha value is -3.95. The smallest absolute Gasteiger partial charge is 0.331 e. The molecule has 3 aromatic rings. The number of nitrogens with two attached hydrogens (primary N) is 1. The molecule has 0 amide bonds. The van der Waals surface area contributed by atoms with Crippen molar-refractivity contribution in [3.05, 3.63) is 64.1 Å². The molecule has 2 aromatic heterocycles. The molecule has 138 valence electrons. The molecule has 0 saturated carbocycles. The zero-order valence-electron chi connectivity index (χ0n) is 14.6. The molecule has 0 aliphatic heterocycles. The number of ether oxygens (including phenoxy) is 2. The van der Waals surface area contributed by atoms with Crippen molar-refractivity contribution in [1.82, 2.24) is 14.6 Å². The van der Waals surface area contributed by atoms with Gasteiger partial charge in [-0.25, -0.2) is 14.6 Å². The summed E-state index contributed by atoms with van der Waals surface area (Å²) in [4.78, 5) is 18.5. The van der Waals surface area contributed by atoms with E-state index in [4.69, 9.17) is 15.2 Å². The van der Waals surface area contributed by atoms with Crippen molar-refractivity contribution in [1.29, 1.82) is 0 Å². The molecule has 2 N–H and O–H groups in total. The summed E-state index contributed by atoms with van der Waals surface area (Å²) in [5.74, 6) is 0.810. The van der Waals surface area contributed by atoms with Gasteiger partial charge in [0.1, 0.15) is 0 Å². The van der Waals surface area contributed by atoms with Crippen LogP contribution in [0, 0.1) is 17.0 Å². The van der Waals surface area contributed by atoms with E-state index >= 15 is 0 Å². The molecule has 0 unspecified atom stereocenters. The van der Waals surface area contributed by atoms with Crippen molar-refractivity contribution in [3.63, 3.8) is 0 Å². The van der Waals surface area contributed by atoms with E-state index in [0.717, 1.165) is 5.69 Å². The van der Waals surface area contributed by atoms with Crippen LogP contribution in [0.3, 0.4) is 0 Å². The first-order valence-corrected chi connectivity index (χ1v) is 7.79. The van der Waals surface area contributed by atoms with Crippen LogP contribution in [0.1, 0.15) is 11.3 Å². The Morgan fingerprint density at radius 1 is 1.33 bits per heavy atom. The minimum absolute atomic E-state index is 0.121. The second-order valence-electron chi connectivity index (χ2n) is 5.43. The number of imidazole rings is 1. The molecule has 3 rings (SSSR count). The molecule has 10 nitrogen and oxygen atoms in total. The number of benzene rings is 1. The zero-order chi connectivity index (χ0) is 19.4. The van der Waals surface area contributed by atoms with Gasteiger partial charge in [-0.1, -0.05) is 0 Å². The fourth-order valence-corrected chi connectivity index (χ4v) is 2.28. The van der Waals surface area contributed by atoms with Crippen LogP contribution in [0.25, 0.3) is 0 Å². The van der Waals surface area contributed by atoms with Gasteiger partial charge in [-0.2, -0.15) is 5.10 Å².